The largest absolute Gasteiger partial charge is 0.369 e. The molecule has 80 valence electrons. The van der Waals surface area contributed by atoms with E-state index in [-0.39, 0.29) is 11.4 Å². The van der Waals surface area contributed by atoms with E-state index in [1.807, 2.05) is 6.92 Å². The molecule has 0 aromatic heterocycles. The summed E-state index contributed by atoms with van der Waals surface area (Å²) in [6, 6.07) is 0. The number of amides is 1. The van der Waals surface area contributed by atoms with Gasteiger partial charge in [0.1, 0.15) is 0 Å². The minimum atomic E-state index is -0.317. The molecule has 2 atom stereocenters. The lowest BCUT2D eigenvalue weighted by molar-refractivity contribution is -0.128. The first-order chi connectivity index (χ1) is 6.40. The molecule has 4 heteroatoms. The van der Waals surface area contributed by atoms with Crippen LogP contribution in [0.1, 0.15) is 33.6 Å². The molecule has 1 aliphatic heterocycles. The Kier molecular flexibility index (Phi) is 2.83. The Morgan fingerprint density at radius 3 is 2.71 bits per heavy atom. The maximum atomic E-state index is 11.6. The molecule has 0 radical (unpaired) electrons. The Morgan fingerprint density at radius 2 is 2.29 bits per heavy atom. The molecule has 0 spiro atoms. The van der Waals surface area contributed by atoms with Crippen LogP contribution in [0.3, 0.4) is 0 Å². The van der Waals surface area contributed by atoms with Gasteiger partial charge >= 0.3 is 0 Å². The summed E-state index contributed by atoms with van der Waals surface area (Å²) >= 11 is 0. The molecule has 4 nitrogen and oxygen atoms in total. The summed E-state index contributed by atoms with van der Waals surface area (Å²) in [5.41, 5.74) is 5.37. The molecule has 0 saturated carbocycles. The van der Waals surface area contributed by atoms with Crippen LogP contribution in [0.5, 0.6) is 0 Å². The molecule has 1 rings (SSSR count). The van der Waals surface area contributed by atoms with Crippen molar-refractivity contribution < 1.29 is 4.79 Å². The smallest absolute Gasteiger partial charge is 0.231 e. The van der Waals surface area contributed by atoms with Crippen molar-refractivity contribution in [2.45, 2.75) is 39.2 Å². The maximum absolute atomic E-state index is 11.6. The van der Waals surface area contributed by atoms with E-state index >= 15 is 0 Å². The molecule has 1 heterocycles. The van der Waals surface area contributed by atoms with Crippen molar-refractivity contribution >= 4 is 11.9 Å². The van der Waals surface area contributed by atoms with Crippen molar-refractivity contribution in [2.24, 2.45) is 16.6 Å². The number of nitrogens with zero attached hydrogens (tertiary/aromatic N) is 2. The van der Waals surface area contributed by atoms with Crippen LogP contribution in [0.2, 0.25) is 0 Å². The van der Waals surface area contributed by atoms with Crippen LogP contribution in [0.25, 0.3) is 0 Å². The summed E-state index contributed by atoms with van der Waals surface area (Å²) in [5, 5.41) is 0. The predicted molar refractivity (Wildman–Crippen MR) is 56.9 cm³/mol. The molecule has 0 bridgehead atoms. The molecule has 0 fully saturated rings. The van der Waals surface area contributed by atoms with Crippen LogP contribution in [-0.2, 0) is 4.79 Å². The molecule has 1 unspecified atom stereocenters. The van der Waals surface area contributed by atoms with E-state index < -0.39 is 0 Å². The second-order valence-electron chi connectivity index (χ2n) is 4.27. The highest BCUT2D eigenvalue weighted by Crippen LogP contribution is 2.31. The molecule has 2 N–H and O–H groups in total. The van der Waals surface area contributed by atoms with E-state index in [4.69, 9.17) is 5.73 Å². The van der Waals surface area contributed by atoms with Crippen molar-refractivity contribution in [2.75, 3.05) is 7.05 Å². The minimum absolute atomic E-state index is 0.0558. The van der Waals surface area contributed by atoms with E-state index in [1.54, 1.807) is 7.05 Å². The van der Waals surface area contributed by atoms with Crippen LogP contribution < -0.4 is 5.73 Å². The topological polar surface area (TPSA) is 58.7 Å². The number of carbonyl (C=O) groups is 1. The van der Waals surface area contributed by atoms with Gasteiger partial charge in [0.15, 0.2) is 5.96 Å². The van der Waals surface area contributed by atoms with Gasteiger partial charge in [-0.25, -0.2) is 4.99 Å². The molecule has 14 heavy (non-hydrogen) atoms. The third kappa shape index (κ3) is 1.74. The van der Waals surface area contributed by atoms with Crippen molar-refractivity contribution in [1.82, 2.24) is 4.90 Å². The van der Waals surface area contributed by atoms with Crippen LogP contribution >= 0.6 is 0 Å². The van der Waals surface area contributed by atoms with Crippen molar-refractivity contribution in [3.05, 3.63) is 0 Å². The van der Waals surface area contributed by atoms with Gasteiger partial charge in [-0.15, -0.1) is 0 Å². The molecule has 0 saturated heterocycles. The van der Waals surface area contributed by atoms with Gasteiger partial charge in [-0.05, 0) is 12.8 Å². The van der Waals surface area contributed by atoms with Gasteiger partial charge in [-0.3, -0.25) is 9.69 Å². The molecule has 0 aromatic carbocycles. The van der Waals surface area contributed by atoms with Crippen molar-refractivity contribution in [1.29, 1.82) is 0 Å². The third-order valence-corrected chi connectivity index (χ3v) is 3.27. The molecule has 1 aliphatic rings. The van der Waals surface area contributed by atoms with E-state index in [1.165, 1.54) is 4.90 Å². The van der Waals surface area contributed by atoms with Crippen LogP contribution in [0.4, 0.5) is 0 Å². The fourth-order valence-corrected chi connectivity index (χ4v) is 1.65. The molecule has 0 aromatic rings. The van der Waals surface area contributed by atoms with E-state index in [9.17, 15) is 4.79 Å². The Labute approximate surface area is 85.2 Å². The summed E-state index contributed by atoms with van der Waals surface area (Å²) in [7, 11) is 1.66. The third-order valence-electron chi connectivity index (χ3n) is 3.27. The maximum Gasteiger partial charge on any atom is 0.231 e. The highest BCUT2D eigenvalue weighted by Gasteiger charge is 2.37. The second-order valence-corrected chi connectivity index (χ2v) is 4.27. The van der Waals surface area contributed by atoms with Gasteiger partial charge < -0.3 is 5.73 Å². The lowest BCUT2D eigenvalue weighted by Gasteiger charge is -2.37. The van der Waals surface area contributed by atoms with Gasteiger partial charge in [0.05, 0.1) is 12.0 Å². The van der Waals surface area contributed by atoms with E-state index in [0.29, 0.717) is 18.3 Å². The predicted octanol–water partition coefficient (Wildman–Crippen LogP) is 0.968. The number of carbonyl (C=O) groups excluding carboxylic acids is 1. The summed E-state index contributed by atoms with van der Waals surface area (Å²) in [5.74, 6) is 0.767. The monoisotopic (exact) mass is 197 g/mol. The SMILES string of the molecule is CCC(C)[C@]1(C)CC(=O)N(C)C(N)=N1. The van der Waals surface area contributed by atoms with Crippen LogP contribution in [0, 0.1) is 5.92 Å². The van der Waals surface area contributed by atoms with E-state index in [0.717, 1.165) is 6.42 Å². The first-order valence-corrected chi connectivity index (χ1v) is 5.02. The van der Waals surface area contributed by atoms with Gasteiger partial charge in [0, 0.05) is 7.05 Å². The Balaban J connectivity index is 2.98. The lowest BCUT2D eigenvalue weighted by Crippen LogP contribution is -2.50. The number of nitrogens with two attached hydrogens (primary N) is 1. The van der Waals surface area contributed by atoms with Crippen molar-refractivity contribution in [3.63, 3.8) is 0 Å². The van der Waals surface area contributed by atoms with E-state index in [2.05, 4.69) is 18.8 Å². The highest BCUT2D eigenvalue weighted by molar-refractivity contribution is 5.98. The Hall–Kier alpha value is -1.06. The van der Waals surface area contributed by atoms with Crippen LogP contribution in [-0.4, -0.2) is 29.4 Å². The first kappa shape index (κ1) is 11.0. The van der Waals surface area contributed by atoms with Gasteiger partial charge in [0.25, 0.3) is 0 Å². The zero-order chi connectivity index (χ0) is 10.9. The summed E-state index contributed by atoms with van der Waals surface area (Å²) < 4.78 is 0. The van der Waals surface area contributed by atoms with Crippen LogP contribution in [0.15, 0.2) is 4.99 Å². The second kappa shape index (κ2) is 3.59. The molecular formula is C10H19N3O. The van der Waals surface area contributed by atoms with Crippen molar-refractivity contribution in [3.8, 4) is 0 Å². The zero-order valence-corrected chi connectivity index (χ0v) is 9.37. The standard InChI is InChI=1S/C10H19N3O/c1-5-7(2)10(3)6-8(14)13(4)9(11)12-10/h7H,5-6H2,1-4H3,(H2,11,12)/t7?,10-/m0/s1. The number of hydrogen-bond acceptors (Lipinski definition) is 3. The average Bonchev–Trinajstić information content (AvgIpc) is 2.12. The number of hydrogen-bond donors (Lipinski definition) is 1. The Morgan fingerprint density at radius 1 is 1.71 bits per heavy atom. The first-order valence-electron chi connectivity index (χ1n) is 5.02. The van der Waals surface area contributed by atoms with Gasteiger partial charge in [-0.1, -0.05) is 20.3 Å². The quantitative estimate of drug-likeness (QED) is 0.717. The highest BCUT2D eigenvalue weighted by atomic mass is 16.2. The summed E-state index contributed by atoms with van der Waals surface area (Å²) in [6.45, 7) is 6.21. The number of rotatable bonds is 2. The number of guanidine groups is 1. The average molecular weight is 197 g/mol. The summed E-state index contributed by atoms with van der Waals surface area (Å²) in [4.78, 5) is 17.4. The molecule has 0 aliphatic carbocycles. The fraction of sp³-hybridized carbons (Fsp3) is 0.800. The lowest BCUT2D eigenvalue weighted by atomic mass is 9.82. The molecule has 1 amide bonds. The molecular weight excluding hydrogens is 178 g/mol. The van der Waals surface area contributed by atoms with Gasteiger partial charge in [-0.2, -0.15) is 0 Å². The normalized spacial score (nSPS) is 30.1. The summed E-state index contributed by atoms with van der Waals surface area (Å²) in [6.07, 6.45) is 1.46. The fourth-order valence-electron chi connectivity index (χ4n) is 1.65. The number of aliphatic imine (C=N–C) groups is 1. The zero-order valence-electron chi connectivity index (χ0n) is 9.37. The minimum Gasteiger partial charge on any atom is -0.369 e. The van der Waals surface area contributed by atoms with Gasteiger partial charge in [0.2, 0.25) is 5.91 Å². The Bertz CT molecular complexity index is 275.